The van der Waals surface area contributed by atoms with E-state index in [1.165, 1.54) is 0 Å². The van der Waals surface area contributed by atoms with E-state index >= 15 is 0 Å². The van der Waals surface area contributed by atoms with Crippen LogP contribution < -0.4 is 16.4 Å². The van der Waals surface area contributed by atoms with E-state index in [2.05, 4.69) is 10.6 Å². The van der Waals surface area contributed by atoms with E-state index in [1.54, 1.807) is 13.8 Å². The van der Waals surface area contributed by atoms with Gasteiger partial charge in [-0.15, -0.1) is 0 Å². The monoisotopic (exact) mass is 245 g/mol. The van der Waals surface area contributed by atoms with Gasteiger partial charge in [0.05, 0.1) is 6.42 Å². The SMILES string of the molecule is CC(C)(CC(=O)O)NC(=O)NCCCC(N)=O. The highest BCUT2D eigenvalue weighted by atomic mass is 16.4. The number of primary amides is 1. The minimum absolute atomic E-state index is 0.165. The summed E-state index contributed by atoms with van der Waals surface area (Å²) in [6, 6.07) is -0.458. The Balaban J connectivity index is 3.85. The Bertz CT molecular complexity index is 302. The summed E-state index contributed by atoms with van der Waals surface area (Å²) in [5, 5.41) is 13.7. The van der Waals surface area contributed by atoms with Gasteiger partial charge in [-0.05, 0) is 20.3 Å². The molecule has 3 amide bonds. The van der Waals surface area contributed by atoms with E-state index in [1.807, 2.05) is 0 Å². The largest absolute Gasteiger partial charge is 0.481 e. The predicted octanol–water partition coefficient (Wildman–Crippen LogP) is -0.196. The van der Waals surface area contributed by atoms with E-state index in [-0.39, 0.29) is 12.8 Å². The van der Waals surface area contributed by atoms with Crippen LogP contribution in [0.4, 0.5) is 4.79 Å². The normalized spacial score (nSPS) is 10.7. The summed E-state index contributed by atoms with van der Waals surface area (Å²) >= 11 is 0. The van der Waals surface area contributed by atoms with Crippen molar-refractivity contribution >= 4 is 17.9 Å². The Morgan fingerprint density at radius 1 is 1.29 bits per heavy atom. The maximum atomic E-state index is 11.4. The summed E-state index contributed by atoms with van der Waals surface area (Å²) in [4.78, 5) is 32.3. The Morgan fingerprint density at radius 2 is 1.88 bits per heavy atom. The van der Waals surface area contributed by atoms with E-state index in [4.69, 9.17) is 10.8 Å². The van der Waals surface area contributed by atoms with Crippen molar-refractivity contribution in [3.05, 3.63) is 0 Å². The van der Waals surface area contributed by atoms with Crippen LogP contribution >= 0.6 is 0 Å². The van der Waals surface area contributed by atoms with Gasteiger partial charge in [0.25, 0.3) is 0 Å². The molecule has 0 saturated heterocycles. The third kappa shape index (κ3) is 9.16. The molecule has 7 nitrogen and oxygen atoms in total. The van der Waals surface area contributed by atoms with Gasteiger partial charge in [0.2, 0.25) is 5.91 Å². The zero-order valence-electron chi connectivity index (χ0n) is 10.1. The fourth-order valence-electron chi connectivity index (χ4n) is 1.24. The number of nitrogens with two attached hydrogens (primary N) is 1. The molecule has 17 heavy (non-hydrogen) atoms. The molecule has 0 bridgehead atoms. The molecule has 0 aliphatic rings. The number of amides is 3. The van der Waals surface area contributed by atoms with Gasteiger partial charge in [0.15, 0.2) is 0 Å². The Hall–Kier alpha value is -1.79. The van der Waals surface area contributed by atoms with Gasteiger partial charge in [0, 0.05) is 18.5 Å². The molecule has 0 aromatic carbocycles. The molecule has 0 aromatic rings. The van der Waals surface area contributed by atoms with Crippen molar-refractivity contribution in [1.29, 1.82) is 0 Å². The molecular weight excluding hydrogens is 226 g/mol. The summed E-state index contributed by atoms with van der Waals surface area (Å²) in [5.74, 6) is -1.40. The van der Waals surface area contributed by atoms with Crippen LogP contribution in [0.25, 0.3) is 0 Å². The molecular formula is C10H19N3O4. The quantitative estimate of drug-likeness (QED) is 0.464. The van der Waals surface area contributed by atoms with E-state index in [0.29, 0.717) is 13.0 Å². The molecule has 7 heteroatoms. The first kappa shape index (κ1) is 15.2. The van der Waals surface area contributed by atoms with Gasteiger partial charge in [-0.2, -0.15) is 0 Å². The van der Waals surface area contributed by atoms with Crippen molar-refractivity contribution in [2.24, 2.45) is 5.73 Å². The standard InChI is InChI=1S/C10H19N3O4/c1-10(2,6-8(15)16)13-9(17)12-5-3-4-7(11)14/h3-6H2,1-2H3,(H2,11,14)(H,15,16)(H2,12,13,17). The molecule has 98 valence electrons. The van der Waals surface area contributed by atoms with Gasteiger partial charge in [0.1, 0.15) is 0 Å². The highest BCUT2D eigenvalue weighted by molar-refractivity contribution is 5.76. The van der Waals surface area contributed by atoms with Crippen molar-refractivity contribution in [3.63, 3.8) is 0 Å². The summed E-state index contributed by atoms with van der Waals surface area (Å²) < 4.78 is 0. The summed E-state index contributed by atoms with van der Waals surface area (Å²) in [7, 11) is 0. The summed E-state index contributed by atoms with van der Waals surface area (Å²) in [5.41, 5.74) is 4.11. The number of carboxylic acids is 1. The molecule has 0 radical (unpaired) electrons. The van der Waals surface area contributed by atoms with Crippen molar-refractivity contribution in [2.45, 2.75) is 38.6 Å². The van der Waals surface area contributed by atoms with Gasteiger partial charge >= 0.3 is 12.0 Å². The van der Waals surface area contributed by atoms with Crippen LogP contribution in [0.2, 0.25) is 0 Å². The van der Waals surface area contributed by atoms with Crippen molar-refractivity contribution in [1.82, 2.24) is 10.6 Å². The van der Waals surface area contributed by atoms with Gasteiger partial charge in [-0.1, -0.05) is 0 Å². The molecule has 0 aliphatic heterocycles. The zero-order valence-corrected chi connectivity index (χ0v) is 10.1. The lowest BCUT2D eigenvalue weighted by molar-refractivity contribution is -0.138. The number of aliphatic carboxylic acids is 1. The topological polar surface area (TPSA) is 122 Å². The summed E-state index contributed by atoms with van der Waals surface area (Å²) in [6.45, 7) is 3.55. The van der Waals surface area contributed by atoms with Crippen LogP contribution in [0.1, 0.15) is 33.1 Å². The lowest BCUT2D eigenvalue weighted by Crippen LogP contribution is -2.49. The van der Waals surface area contributed by atoms with Crippen molar-refractivity contribution < 1.29 is 19.5 Å². The smallest absolute Gasteiger partial charge is 0.315 e. The first-order valence-electron chi connectivity index (χ1n) is 5.29. The van der Waals surface area contributed by atoms with E-state index in [9.17, 15) is 14.4 Å². The Morgan fingerprint density at radius 3 is 2.35 bits per heavy atom. The van der Waals surface area contributed by atoms with Crippen LogP contribution in [0.3, 0.4) is 0 Å². The second kappa shape index (κ2) is 6.72. The average molecular weight is 245 g/mol. The molecule has 0 heterocycles. The third-order valence-electron chi connectivity index (χ3n) is 1.93. The van der Waals surface area contributed by atoms with Crippen LogP contribution in [-0.2, 0) is 9.59 Å². The zero-order chi connectivity index (χ0) is 13.5. The van der Waals surface area contributed by atoms with Gasteiger partial charge in [-0.25, -0.2) is 4.79 Å². The molecule has 5 N–H and O–H groups in total. The number of carbonyl (C=O) groups is 3. The molecule has 0 rings (SSSR count). The first-order chi connectivity index (χ1) is 7.73. The first-order valence-corrected chi connectivity index (χ1v) is 5.29. The van der Waals surface area contributed by atoms with Crippen LogP contribution in [-0.4, -0.2) is 35.1 Å². The number of urea groups is 1. The van der Waals surface area contributed by atoms with E-state index in [0.717, 1.165) is 0 Å². The predicted molar refractivity (Wildman–Crippen MR) is 61.3 cm³/mol. The molecule has 0 saturated carbocycles. The fraction of sp³-hybridized carbons (Fsp3) is 0.700. The highest BCUT2D eigenvalue weighted by Gasteiger charge is 2.23. The molecule has 0 unspecified atom stereocenters. The Labute approximate surface area is 99.7 Å². The minimum atomic E-state index is -0.982. The highest BCUT2D eigenvalue weighted by Crippen LogP contribution is 2.07. The van der Waals surface area contributed by atoms with Crippen molar-refractivity contribution in [2.75, 3.05) is 6.54 Å². The lowest BCUT2D eigenvalue weighted by atomic mass is 10.0. The summed E-state index contributed by atoms with van der Waals surface area (Å²) in [6.07, 6.45) is 0.503. The minimum Gasteiger partial charge on any atom is -0.481 e. The second-order valence-corrected chi connectivity index (χ2v) is 4.41. The van der Waals surface area contributed by atoms with Gasteiger partial charge in [-0.3, -0.25) is 9.59 Å². The molecule has 0 aliphatic carbocycles. The van der Waals surface area contributed by atoms with E-state index < -0.39 is 23.4 Å². The number of nitrogens with one attached hydrogen (secondary N) is 2. The second-order valence-electron chi connectivity index (χ2n) is 4.41. The number of hydrogen-bond donors (Lipinski definition) is 4. The van der Waals surface area contributed by atoms with Gasteiger partial charge < -0.3 is 21.5 Å². The number of rotatable bonds is 7. The molecule has 0 fully saturated rings. The lowest BCUT2D eigenvalue weighted by Gasteiger charge is -2.24. The maximum Gasteiger partial charge on any atom is 0.315 e. The van der Waals surface area contributed by atoms with Crippen LogP contribution in [0.5, 0.6) is 0 Å². The number of carboxylic acid groups (broad SMARTS) is 1. The average Bonchev–Trinajstić information content (AvgIpc) is 2.08. The maximum absolute atomic E-state index is 11.4. The molecule has 0 aromatic heterocycles. The number of hydrogen-bond acceptors (Lipinski definition) is 3. The van der Waals surface area contributed by atoms with Crippen LogP contribution in [0, 0.1) is 0 Å². The third-order valence-corrected chi connectivity index (χ3v) is 1.93. The Kier molecular flexibility index (Phi) is 6.01. The molecule has 0 spiro atoms. The van der Waals surface area contributed by atoms with Crippen molar-refractivity contribution in [3.8, 4) is 0 Å². The fourth-order valence-corrected chi connectivity index (χ4v) is 1.24. The number of carbonyl (C=O) groups excluding carboxylic acids is 2. The van der Waals surface area contributed by atoms with Crippen LogP contribution in [0.15, 0.2) is 0 Å². The molecule has 0 atom stereocenters.